The van der Waals surface area contributed by atoms with E-state index in [1.165, 1.54) is 0 Å². The summed E-state index contributed by atoms with van der Waals surface area (Å²) >= 11 is 0. The zero-order chi connectivity index (χ0) is 19.8. The average molecular weight is 373 g/mol. The minimum absolute atomic E-state index is 0.0765. The molecular weight excluding hydrogens is 354 g/mol. The highest BCUT2D eigenvalue weighted by Crippen LogP contribution is 2.25. The first-order valence-corrected chi connectivity index (χ1v) is 8.90. The van der Waals surface area contributed by atoms with Crippen molar-refractivity contribution < 1.29 is 13.9 Å². The van der Waals surface area contributed by atoms with Gasteiger partial charge in [0.25, 0.3) is 5.91 Å². The summed E-state index contributed by atoms with van der Waals surface area (Å²) in [7, 11) is 1.57. The first-order valence-electron chi connectivity index (χ1n) is 8.90. The third-order valence-corrected chi connectivity index (χ3v) is 4.97. The second-order valence-electron chi connectivity index (χ2n) is 6.71. The number of anilines is 1. The van der Waals surface area contributed by atoms with Gasteiger partial charge in [-0.1, -0.05) is 6.07 Å². The van der Waals surface area contributed by atoms with Crippen molar-refractivity contribution in [1.29, 1.82) is 0 Å². The molecule has 0 aliphatic rings. The molecule has 0 aliphatic heterocycles. The van der Waals surface area contributed by atoms with Gasteiger partial charge in [-0.3, -0.25) is 9.59 Å². The van der Waals surface area contributed by atoms with Crippen molar-refractivity contribution in [2.24, 2.45) is 0 Å². The molecule has 5 heteroatoms. The topological polar surface area (TPSA) is 68.5 Å². The maximum atomic E-state index is 12.8. The van der Waals surface area contributed by atoms with Gasteiger partial charge >= 0.3 is 0 Å². The van der Waals surface area contributed by atoms with Crippen LogP contribution in [-0.4, -0.2) is 13.0 Å². The largest absolute Gasteiger partial charge is 0.497 e. The van der Waals surface area contributed by atoms with Crippen LogP contribution in [-0.2, 0) is 0 Å². The van der Waals surface area contributed by atoms with Crippen LogP contribution in [0.1, 0.15) is 21.5 Å². The molecule has 0 saturated heterocycles. The third kappa shape index (κ3) is 3.01. The first-order chi connectivity index (χ1) is 13.5. The summed E-state index contributed by atoms with van der Waals surface area (Å²) in [6, 6.07) is 15.6. The summed E-state index contributed by atoms with van der Waals surface area (Å²) in [5.74, 6) is 0.429. The van der Waals surface area contributed by atoms with Crippen molar-refractivity contribution in [1.82, 2.24) is 0 Å². The van der Waals surface area contributed by atoms with Gasteiger partial charge in [0.2, 0.25) is 5.43 Å². The summed E-state index contributed by atoms with van der Waals surface area (Å²) in [6.07, 6.45) is 0. The normalized spacial score (nSPS) is 11.0. The van der Waals surface area contributed by atoms with Crippen LogP contribution < -0.4 is 15.5 Å². The molecule has 0 aliphatic carbocycles. The van der Waals surface area contributed by atoms with E-state index in [1.807, 2.05) is 19.9 Å². The molecule has 0 radical (unpaired) electrons. The predicted molar refractivity (Wildman–Crippen MR) is 110 cm³/mol. The Hall–Kier alpha value is -3.60. The van der Waals surface area contributed by atoms with E-state index >= 15 is 0 Å². The molecule has 4 rings (SSSR count). The number of carbonyl (C=O) groups is 1. The van der Waals surface area contributed by atoms with Gasteiger partial charge in [-0.25, -0.2) is 0 Å². The number of ether oxygens (including phenoxy) is 1. The van der Waals surface area contributed by atoms with Crippen molar-refractivity contribution in [2.45, 2.75) is 13.8 Å². The lowest BCUT2D eigenvalue weighted by molar-refractivity contribution is 0.102. The summed E-state index contributed by atoms with van der Waals surface area (Å²) in [5.41, 5.74) is 4.00. The van der Waals surface area contributed by atoms with Crippen molar-refractivity contribution >= 4 is 33.5 Å². The SMILES string of the molecule is COc1ccc(C(=O)Nc2ccc3c(=O)c4ccc(C)c(C)c4oc3c2)cc1. The Bertz CT molecular complexity index is 1270. The molecular formula is C23H19NO4. The number of methoxy groups -OCH3 is 1. The Morgan fingerprint density at radius 3 is 2.39 bits per heavy atom. The lowest BCUT2D eigenvalue weighted by Crippen LogP contribution is -2.12. The number of nitrogens with one attached hydrogen (secondary N) is 1. The Kier molecular flexibility index (Phi) is 4.35. The molecule has 0 bridgehead atoms. The number of aryl methyl sites for hydroxylation is 2. The van der Waals surface area contributed by atoms with E-state index in [-0.39, 0.29) is 11.3 Å². The van der Waals surface area contributed by atoms with Crippen LogP contribution >= 0.6 is 0 Å². The lowest BCUT2D eigenvalue weighted by atomic mass is 10.0. The summed E-state index contributed by atoms with van der Waals surface area (Å²) in [4.78, 5) is 25.3. The van der Waals surface area contributed by atoms with Gasteiger partial charge in [-0.2, -0.15) is 0 Å². The van der Waals surface area contributed by atoms with Gasteiger partial charge in [0.15, 0.2) is 0 Å². The van der Waals surface area contributed by atoms with E-state index in [0.717, 1.165) is 11.1 Å². The van der Waals surface area contributed by atoms with Crippen LogP contribution in [0.2, 0.25) is 0 Å². The van der Waals surface area contributed by atoms with Gasteiger partial charge in [0.05, 0.1) is 17.9 Å². The molecule has 1 heterocycles. The van der Waals surface area contributed by atoms with Crippen molar-refractivity contribution in [3.63, 3.8) is 0 Å². The molecule has 0 saturated carbocycles. The Labute approximate surface area is 161 Å². The fraction of sp³-hybridized carbons (Fsp3) is 0.130. The van der Waals surface area contributed by atoms with Crippen molar-refractivity contribution in [3.05, 3.63) is 81.5 Å². The maximum absolute atomic E-state index is 12.8. The van der Waals surface area contributed by atoms with Crippen molar-refractivity contribution in [2.75, 3.05) is 12.4 Å². The number of hydrogen-bond donors (Lipinski definition) is 1. The van der Waals surface area contributed by atoms with E-state index in [1.54, 1.807) is 55.6 Å². The highest BCUT2D eigenvalue weighted by molar-refractivity contribution is 6.05. The molecule has 3 aromatic carbocycles. The number of fused-ring (bicyclic) bond motifs is 2. The molecule has 0 atom stereocenters. The third-order valence-electron chi connectivity index (χ3n) is 4.97. The molecule has 140 valence electrons. The lowest BCUT2D eigenvalue weighted by Gasteiger charge is -2.09. The molecule has 1 aromatic heterocycles. The van der Waals surface area contributed by atoms with Crippen LogP contribution in [0.5, 0.6) is 5.75 Å². The zero-order valence-electron chi connectivity index (χ0n) is 15.8. The number of benzene rings is 3. The van der Waals surface area contributed by atoms with Gasteiger partial charge in [0.1, 0.15) is 16.9 Å². The van der Waals surface area contributed by atoms with Crippen LogP contribution in [0.25, 0.3) is 21.9 Å². The maximum Gasteiger partial charge on any atom is 0.255 e. The monoisotopic (exact) mass is 373 g/mol. The molecule has 1 N–H and O–H groups in total. The first kappa shape index (κ1) is 17.8. The molecule has 0 spiro atoms. The van der Waals surface area contributed by atoms with Crippen LogP contribution in [0.4, 0.5) is 5.69 Å². The Morgan fingerprint density at radius 1 is 0.964 bits per heavy atom. The van der Waals surface area contributed by atoms with E-state index in [0.29, 0.717) is 38.9 Å². The van der Waals surface area contributed by atoms with E-state index in [4.69, 9.17) is 9.15 Å². The van der Waals surface area contributed by atoms with E-state index in [9.17, 15) is 9.59 Å². The molecule has 0 unspecified atom stereocenters. The number of amides is 1. The number of hydrogen-bond acceptors (Lipinski definition) is 4. The van der Waals surface area contributed by atoms with Crippen molar-refractivity contribution in [3.8, 4) is 5.75 Å². The Morgan fingerprint density at radius 2 is 1.68 bits per heavy atom. The molecule has 28 heavy (non-hydrogen) atoms. The quantitative estimate of drug-likeness (QED) is 0.523. The molecule has 1 amide bonds. The fourth-order valence-electron chi connectivity index (χ4n) is 3.17. The second kappa shape index (κ2) is 6.85. The summed E-state index contributed by atoms with van der Waals surface area (Å²) < 4.78 is 11.1. The van der Waals surface area contributed by atoms with Crippen LogP contribution in [0, 0.1) is 13.8 Å². The highest BCUT2D eigenvalue weighted by Gasteiger charge is 2.12. The van der Waals surface area contributed by atoms with E-state index in [2.05, 4.69) is 5.32 Å². The minimum atomic E-state index is -0.253. The smallest absolute Gasteiger partial charge is 0.255 e. The standard InChI is InChI=1S/C23H19NO4/c1-13-4-10-19-21(25)18-11-7-16(12-20(18)28-22(19)14(13)2)24-23(26)15-5-8-17(27-3)9-6-15/h4-12H,1-3H3,(H,24,26). The minimum Gasteiger partial charge on any atom is -0.497 e. The van der Waals surface area contributed by atoms with Gasteiger partial charge in [-0.15, -0.1) is 0 Å². The zero-order valence-corrected chi connectivity index (χ0v) is 15.8. The van der Waals surface area contributed by atoms with Crippen LogP contribution in [0.15, 0.2) is 63.8 Å². The molecule has 5 nitrogen and oxygen atoms in total. The predicted octanol–water partition coefficient (Wildman–Crippen LogP) is 4.82. The Balaban J connectivity index is 1.74. The van der Waals surface area contributed by atoms with Gasteiger partial charge in [0, 0.05) is 17.3 Å². The number of carbonyl (C=O) groups excluding carboxylic acids is 1. The summed E-state index contributed by atoms with van der Waals surface area (Å²) in [5, 5.41) is 3.88. The average Bonchev–Trinajstić information content (AvgIpc) is 2.71. The highest BCUT2D eigenvalue weighted by atomic mass is 16.5. The fourth-order valence-corrected chi connectivity index (χ4v) is 3.17. The van der Waals surface area contributed by atoms with Gasteiger partial charge in [-0.05, 0) is 67.4 Å². The van der Waals surface area contributed by atoms with Gasteiger partial charge < -0.3 is 14.5 Å². The molecule has 0 fully saturated rings. The number of rotatable bonds is 3. The molecule has 4 aromatic rings. The summed E-state index contributed by atoms with van der Waals surface area (Å²) in [6.45, 7) is 3.91. The van der Waals surface area contributed by atoms with E-state index < -0.39 is 0 Å². The second-order valence-corrected chi connectivity index (χ2v) is 6.71. The van der Waals surface area contributed by atoms with Crippen LogP contribution in [0.3, 0.4) is 0 Å².